The maximum absolute atomic E-state index is 13.1. The number of aromatic nitrogens is 2. The minimum atomic E-state index is -0.310. The Hall–Kier alpha value is -2.40. The van der Waals surface area contributed by atoms with Gasteiger partial charge in [0, 0.05) is 13.0 Å². The SMILES string of the molecule is O=C(NCCc1nc2ccc(F)cc2[nH]1)c1ccccc1Cl. The fourth-order valence-corrected chi connectivity index (χ4v) is 2.41. The highest BCUT2D eigenvalue weighted by atomic mass is 35.5. The monoisotopic (exact) mass is 317 g/mol. The van der Waals surface area contributed by atoms with E-state index in [2.05, 4.69) is 15.3 Å². The second-order valence-corrected chi connectivity index (χ2v) is 5.24. The molecule has 2 N–H and O–H groups in total. The van der Waals surface area contributed by atoms with E-state index in [0.29, 0.717) is 40.4 Å². The van der Waals surface area contributed by atoms with Crippen LogP contribution < -0.4 is 5.32 Å². The van der Waals surface area contributed by atoms with Gasteiger partial charge in [-0.1, -0.05) is 23.7 Å². The number of halogens is 2. The fraction of sp³-hybridized carbons (Fsp3) is 0.125. The molecule has 0 bridgehead atoms. The van der Waals surface area contributed by atoms with Gasteiger partial charge in [-0.25, -0.2) is 9.37 Å². The van der Waals surface area contributed by atoms with Crippen LogP contribution in [0.4, 0.5) is 4.39 Å². The molecule has 22 heavy (non-hydrogen) atoms. The summed E-state index contributed by atoms with van der Waals surface area (Å²) in [6, 6.07) is 11.3. The van der Waals surface area contributed by atoms with Crippen molar-refractivity contribution in [2.75, 3.05) is 6.54 Å². The summed E-state index contributed by atoms with van der Waals surface area (Å²) >= 11 is 5.97. The van der Waals surface area contributed by atoms with Crippen LogP contribution in [-0.4, -0.2) is 22.4 Å². The summed E-state index contributed by atoms with van der Waals surface area (Å²) in [7, 11) is 0. The molecule has 1 heterocycles. The highest BCUT2D eigenvalue weighted by Gasteiger charge is 2.09. The summed E-state index contributed by atoms with van der Waals surface area (Å²) in [5.41, 5.74) is 1.79. The number of carbonyl (C=O) groups excluding carboxylic acids is 1. The molecule has 0 aliphatic heterocycles. The first-order chi connectivity index (χ1) is 10.6. The largest absolute Gasteiger partial charge is 0.352 e. The molecule has 0 aliphatic rings. The predicted molar refractivity (Wildman–Crippen MR) is 83.5 cm³/mol. The number of hydrogen-bond donors (Lipinski definition) is 2. The first kappa shape index (κ1) is 14.5. The molecule has 0 unspecified atom stereocenters. The van der Waals surface area contributed by atoms with Gasteiger partial charge < -0.3 is 10.3 Å². The number of rotatable bonds is 4. The highest BCUT2D eigenvalue weighted by Crippen LogP contribution is 2.15. The Balaban J connectivity index is 1.62. The number of H-pyrrole nitrogens is 1. The Labute approximate surface area is 131 Å². The first-order valence-corrected chi connectivity index (χ1v) is 7.18. The normalized spacial score (nSPS) is 10.8. The van der Waals surface area contributed by atoms with Crippen molar-refractivity contribution in [2.24, 2.45) is 0 Å². The van der Waals surface area contributed by atoms with Gasteiger partial charge in [-0.3, -0.25) is 4.79 Å². The average molecular weight is 318 g/mol. The van der Waals surface area contributed by atoms with E-state index in [0.717, 1.165) is 0 Å². The molecule has 1 amide bonds. The number of aromatic amines is 1. The Morgan fingerprint density at radius 2 is 2.09 bits per heavy atom. The Morgan fingerprint density at radius 3 is 2.91 bits per heavy atom. The van der Waals surface area contributed by atoms with Crippen molar-refractivity contribution in [1.82, 2.24) is 15.3 Å². The number of imidazole rings is 1. The zero-order chi connectivity index (χ0) is 15.5. The summed E-state index contributed by atoms with van der Waals surface area (Å²) < 4.78 is 13.1. The Bertz CT molecular complexity index is 831. The van der Waals surface area contributed by atoms with Crippen molar-refractivity contribution >= 4 is 28.5 Å². The molecule has 0 saturated carbocycles. The lowest BCUT2D eigenvalue weighted by Crippen LogP contribution is -2.26. The standard InChI is InChI=1S/C16H13ClFN3O/c17-12-4-2-1-3-11(12)16(22)19-8-7-15-20-13-6-5-10(18)9-14(13)21-15/h1-6,9H,7-8H2,(H,19,22)(H,20,21). The first-order valence-electron chi connectivity index (χ1n) is 6.80. The van der Waals surface area contributed by atoms with Gasteiger partial charge in [0.15, 0.2) is 0 Å². The molecule has 6 heteroatoms. The maximum Gasteiger partial charge on any atom is 0.252 e. The number of nitrogens with one attached hydrogen (secondary N) is 2. The van der Waals surface area contributed by atoms with E-state index in [9.17, 15) is 9.18 Å². The van der Waals surface area contributed by atoms with Crippen molar-refractivity contribution in [3.05, 3.63) is 64.7 Å². The smallest absolute Gasteiger partial charge is 0.252 e. The lowest BCUT2D eigenvalue weighted by Gasteiger charge is -2.05. The summed E-state index contributed by atoms with van der Waals surface area (Å²) in [5, 5.41) is 3.20. The lowest BCUT2D eigenvalue weighted by molar-refractivity contribution is 0.0954. The molecule has 3 rings (SSSR count). The summed E-state index contributed by atoms with van der Waals surface area (Å²) in [6.45, 7) is 0.409. The van der Waals surface area contributed by atoms with E-state index in [1.165, 1.54) is 12.1 Å². The van der Waals surface area contributed by atoms with Crippen LogP contribution in [0.3, 0.4) is 0 Å². The summed E-state index contributed by atoms with van der Waals surface area (Å²) in [5.74, 6) is 0.155. The van der Waals surface area contributed by atoms with Crippen LogP contribution in [0, 0.1) is 5.82 Å². The molecule has 3 aromatic rings. The molecule has 2 aromatic carbocycles. The second kappa shape index (κ2) is 6.15. The molecular formula is C16H13ClFN3O. The van der Waals surface area contributed by atoms with Gasteiger partial charge in [0.25, 0.3) is 5.91 Å². The third kappa shape index (κ3) is 3.09. The van der Waals surface area contributed by atoms with Gasteiger partial charge in [-0.2, -0.15) is 0 Å². The van der Waals surface area contributed by atoms with Crippen molar-refractivity contribution < 1.29 is 9.18 Å². The zero-order valence-corrected chi connectivity index (χ0v) is 12.3. The Kier molecular flexibility index (Phi) is 4.06. The van der Waals surface area contributed by atoms with Crippen LogP contribution in [0.25, 0.3) is 11.0 Å². The molecule has 0 fully saturated rings. The van der Waals surface area contributed by atoms with Crippen LogP contribution in [0.5, 0.6) is 0 Å². The number of benzene rings is 2. The summed E-state index contributed by atoms with van der Waals surface area (Å²) in [4.78, 5) is 19.4. The van der Waals surface area contributed by atoms with Crippen molar-refractivity contribution in [3.8, 4) is 0 Å². The number of fused-ring (bicyclic) bond motifs is 1. The number of nitrogens with zero attached hydrogens (tertiary/aromatic N) is 1. The van der Waals surface area contributed by atoms with Crippen LogP contribution in [0.2, 0.25) is 5.02 Å². The van der Waals surface area contributed by atoms with Crippen molar-refractivity contribution in [3.63, 3.8) is 0 Å². The molecule has 112 valence electrons. The predicted octanol–water partition coefficient (Wildman–Crippen LogP) is 3.33. The van der Waals surface area contributed by atoms with E-state index in [1.807, 2.05) is 0 Å². The molecule has 1 aromatic heterocycles. The molecular weight excluding hydrogens is 305 g/mol. The minimum Gasteiger partial charge on any atom is -0.352 e. The van der Waals surface area contributed by atoms with Gasteiger partial charge in [-0.05, 0) is 30.3 Å². The van der Waals surface area contributed by atoms with Crippen LogP contribution in [0.1, 0.15) is 16.2 Å². The number of carbonyl (C=O) groups is 1. The number of hydrogen-bond acceptors (Lipinski definition) is 2. The average Bonchev–Trinajstić information content (AvgIpc) is 2.89. The van der Waals surface area contributed by atoms with Crippen LogP contribution >= 0.6 is 11.6 Å². The fourth-order valence-electron chi connectivity index (χ4n) is 2.19. The molecule has 0 radical (unpaired) electrons. The van der Waals surface area contributed by atoms with Gasteiger partial charge in [0.2, 0.25) is 0 Å². The van der Waals surface area contributed by atoms with E-state index >= 15 is 0 Å². The topological polar surface area (TPSA) is 57.8 Å². The molecule has 0 saturated heterocycles. The Morgan fingerprint density at radius 1 is 1.27 bits per heavy atom. The third-order valence-electron chi connectivity index (χ3n) is 3.26. The zero-order valence-electron chi connectivity index (χ0n) is 11.6. The molecule has 0 atom stereocenters. The third-order valence-corrected chi connectivity index (χ3v) is 3.59. The van der Waals surface area contributed by atoms with E-state index in [4.69, 9.17) is 11.6 Å². The molecule has 0 spiro atoms. The quantitative estimate of drug-likeness (QED) is 0.775. The van der Waals surface area contributed by atoms with Crippen molar-refractivity contribution in [1.29, 1.82) is 0 Å². The highest BCUT2D eigenvalue weighted by molar-refractivity contribution is 6.33. The maximum atomic E-state index is 13.1. The van der Waals surface area contributed by atoms with Gasteiger partial charge >= 0.3 is 0 Å². The van der Waals surface area contributed by atoms with Crippen LogP contribution in [0.15, 0.2) is 42.5 Å². The second-order valence-electron chi connectivity index (χ2n) is 4.83. The minimum absolute atomic E-state index is 0.229. The van der Waals surface area contributed by atoms with Crippen molar-refractivity contribution in [2.45, 2.75) is 6.42 Å². The molecule has 0 aliphatic carbocycles. The lowest BCUT2D eigenvalue weighted by atomic mass is 10.2. The van der Waals surface area contributed by atoms with Gasteiger partial charge in [0.1, 0.15) is 11.6 Å². The van der Waals surface area contributed by atoms with Crippen LogP contribution in [-0.2, 0) is 6.42 Å². The van der Waals surface area contributed by atoms with Gasteiger partial charge in [-0.15, -0.1) is 0 Å². The van der Waals surface area contributed by atoms with Gasteiger partial charge in [0.05, 0.1) is 21.6 Å². The molecule has 4 nitrogen and oxygen atoms in total. The summed E-state index contributed by atoms with van der Waals surface area (Å²) in [6.07, 6.45) is 0.520. The van der Waals surface area contributed by atoms with E-state index in [1.54, 1.807) is 30.3 Å². The van der Waals surface area contributed by atoms with E-state index < -0.39 is 0 Å². The number of amides is 1. The van der Waals surface area contributed by atoms with E-state index in [-0.39, 0.29) is 11.7 Å².